The van der Waals surface area contributed by atoms with E-state index in [1.807, 2.05) is 19.1 Å². The molecule has 6 unspecified atom stereocenters. The summed E-state index contributed by atoms with van der Waals surface area (Å²) in [5.74, 6) is -0.880. The van der Waals surface area contributed by atoms with Gasteiger partial charge in [-0.05, 0) is 81.1 Å². The normalized spacial score (nSPS) is 24.7. The number of carbonyl (C=O) groups is 1. The average molecular weight is 769 g/mol. The standard InChI is InChI=1S/C45H72N2O8/c1-5-9-10-11-12-13-14-15-16-21-30-52-44(51)47(26-6-2)41-33-39(46-54-8-4)37-31-34(22-17-19-27-48)36(23-18-20-28-49)42-38-32-35(50)24-25-40(38)55-45(41,43(37)42)53-29-7-3/h7,24-25,31-32,34,36,41-43,48-50H,3,5-6,8-23,26-30,33H2,1-2,4H3. The largest absolute Gasteiger partial charge is 0.508 e. The van der Waals surface area contributed by atoms with Crippen LogP contribution in [0.4, 0.5) is 4.79 Å². The Morgan fingerprint density at radius 2 is 1.64 bits per heavy atom. The van der Waals surface area contributed by atoms with Crippen molar-refractivity contribution in [2.75, 3.05) is 39.6 Å². The summed E-state index contributed by atoms with van der Waals surface area (Å²) in [7, 11) is 0. The van der Waals surface area contributed by atoms with Crippen molar-refractivity contribution in [3.63, 3.8) is 0 Å². The van der Waals surface area contributed by atoms with Gasteiger partial charge in [-0.1, -0.05) is 102 Å². The number of ether oxygens (including phenoxy) is 3. The van der Waals surface area contributed by atoms with Gasteiger partial charge in [-0.3, -0.25) is 4.90 Å². The van der Waals surface area contributed by atoms with E-state index in [2.05, 4.69) is 26.5 Å². The quantitative estimate of drug-likeness (QED) is 0.0458. The molecule has 1 heterocycles. The zero-order valence-corrected chi connectivity index (χ0v) is 34.2. The van der Waals surface area contributed by atoms with Crippen molar-refractivity contribution in [2.24, 2.45) is 22.9 Å². The third kappa shape index (κ3) is 11.7. The molecule has 1 amide bonds. The van der Waals surface area contributed by atoms with Crippen molar-refractivity contribution < 1.29 is 39.2 Å². The summed E-state index contributed by atoms with van der Waals surface area (Å²) in [6, 6.07) is 4.67. The number of unbranched alkanes of at least 4 members (excludes halogenated alkanes) is 11. The topological polar surface area (TPSA) is 130 Å². The van der Waals surface area contributed by atoms with E-state index >= 15 is 0 Å². The maximum atomic E-state index is 14.3. The Hall–Kier alpha value is -3.08. The van der Waals surface area contributed by atoms with E-state index in [0.717, 1.165) is 61.8 Å². The van der Waals surface area contributed by atoms with E-state index in [0.29, 0.717) is 51.2 Å². The molecule has 4 rings (SSSR count). The highest BCUT2D eigenvalue weighted by Gasteiger charge is 2.65. The third-order valence-corrected chi connectivity index (χ3v) is 11.8. The molecule has 0 radical (unpaired) electrons. The molecule has 2 aliphatic carbocycles. The third-order valence-electron chi connectivity index (χ3n) is 11.8. The van der Waals surface area contributed by atoms with Crippen LogP contribution in [-0.4, -0.2) is 83.4 Å². The Morgan fingerprint density at radius 3 is 2.29 bits per heavy atom. The number of hydrogen-bond acceptors (Lipinski definition) is 9. The smallest absolute Gasteiger partial charge is 0.410 e. The van der Waals surface area contributed by atoms with Crippen molar-refractivity contribution >= 4 is 11.8 Å². The van der Waals surface area contributed by atoms with Gasteiger partial charge in [0.1, 0.15) is 24.1 Å². The summed E-state index contributed by atoms with van der Waals surface area (Å²) in [5, 5.41) is 35.1. The van der Waals surface area contributed by atoms with Gasteiger partial charge in [0.2, 0.25) is 5.79 Å². The number of amides is 1. The van der Waals surface area contributed by atoms with Crippen LogP contribution in [0.25, 0.3) is 0 Å². The number of hydrogen-bond donors (Lipinski definition) is 3. The van der Waals surface area contributed by atoms with Crippen LogP contribution in [0.5, 0.6) is 11.5 Å². The van der Waals surface area contributed by atoms with Gasteiger partial charge in [0.25, 0.3) is 0 Å². The number of benzene rings is 1. The molecule has 1 aliphatic heterocycles. The van der Waals surface area contributed by atoms with Gasteiger partial charge in [0.05, 0.1) is 24.8 Å². The SMILES string of the molecule is C=CCOC12Oc3ccc(O)cc3C3C(CCCCO)C(CCCCO)C=C(C(=NOCC)CC1N(CCC)C(=O)OCCCCCCCCCCCC)C32. The number of rotatable bonds is 27. The van der Waals surface area contributed by atoms with Crippen molar-refractivity contribution in [2.45, 2.75) is 154 Å². The lowest BCUT2D eigenvalue weighted by Crippen LogP contribution is -2.70. The fourth-order valence-corrected chi connectivity index (χ4v) is 9.25. The molecular formula is C45H72N2O8. The molecule has 0 bridgehead atoms. The first kappa shape index (κ1) is 44.6. The number of aromatic hydroxyl groups is 1. The highest BCUT2D eigenvalue weighted by molar-refractivity contribution is 6.02. The van der Waals surface area contributed by atoms with Crippen molar-refractivity contribution in [1.29, 1.82) is 0 Å². The van der Waals surface area contributed by atoms with Crippen LogP contribution in [0.15, 0.2) is 47.7 Å². The summed E-state index contributed by atoms with van der Waals surface area (Å²) < 4.78 is 20.1. The second kappa shape index (κ2) is 23.9. The van der Waals surface area contributed by atoms with Crippen molar-refractivity contribution in [1.82, 2.24) is 4.90 Å². The lowest BCUT2D eigenvalue weighted by Gasteiger charge is -2.59. The van der Waals surface area contributed by atoms with Crippen LogP contribution >= 0.6 is 0 Å². The van der Waals surface area contributed by atoms with Gasteiger partial charge in [-0.2, -0.15) is 0 Å². The average Bonchev–Trinajstić information content (AvgIpc) is 3.19. The van der Waals surface area contributed by atoms with Gasteiger partial charge in [-0.15, -0.1) is 6.58 Å². The lowest BCUT2D eigenvalue weighted by molar-refractivity contribution is -0.255. The number of nitrogens with zero attached hydrogens (tertiary/aromatic N) is 2. The van der Waals surface area contributed by atoms with Crippen LogP contribution < -0.4 is 4.74 Å². The van der Waals surface area contributed by atoms with Crippen LogP contribution in [-0.2, 0) is 14.3 Å². The highest BCUT2D eigenvalue weighted by atomic mass is 16.7. The molecule has 1 aromatic carbocycles. The predicted octanol–water partition coefficient (Wildman–Crippen LogP) is 9.82. The van der Waals surface area contributed by atoms with E-state index in [1.54, 1.807) is 17.0 Å². The van der Waals surface area contributed by atoms with Gasteiger partial charge < -0.3 is 34.4 Å². The summed E-state index contributed by atoms with van der Waals surface area (Å²) in [6.07, 6.45) is 21.5. The Kier molecular flexibility index (Phi) is 19.4. The zero-order chi connectivity index (χ0) is 39.5. The number of aliphatic hydroxyl groups excluding tert-OH is 2. The molecule has 0 saturated heterocycles. The van der Waals surface area contributed by atoms with Gasteiger partial charge in [-0.25, -0.2) is 4.79 Å². The van der Waals surface area contributed by atoms with Crippen LogP contribution in [0.1, 0.15) is 148 Å². The maximum absolute atomic E-state index is 14.3. The van der Waals surface area contributed by atoms with Gasteiger partial charge in [0.15, 0.2) is 0 Å². The summed E-state index contributed by atoms with van der Waals surface area (Å²) in [6.45, 7) is 11.8. The molecule has 6 atom stereocenters. The predicted molar refractivity (Wildman–Crippen MR) is 218 cm³/mol. The molecule has 0 aromatic heterocycles. The Labute approximate surface area is 331 Å². The molecule has 55 heavy (non-hydrogen) atoms. The molecule has 1 saturated carbocycles. The first-order chi connectivity index (χ1) is 26.9. The van der Waals surface area contributed by atoms with Crippen LogP contribution in [0.2, 0.25) is 0 Å². The second-order valence-electron chi connectivity index (χ2n) is 15.7. The van der Waals surface area contributed by atoms with Crippen molar-refractivity contribution in [3.8, 4) is 11.5 Å². The van der Waals surface area contributed by atoms with Gasteiger partial charge in [0, 0.05) is 37.7 Å². The Bertz CT molecular complexity index is 1370. The number of carbonyl (C=O) groups excluding carboxylic acids is 1. The molecule has 1 aromatic rings. The summed E-state index contributed by atoms with van der Waals surface area (Å²) in [4.78, 5) is 21.9. The van der Waals surface area contributed by atoms with Crippen LogP contribution in [0, 0.1) is 17.8 Å². The molecule has 310 valence electrons. The number of allylic oxidation sites excluding steroid dienone is 1. The van der Waals surface area contributed by atoms with E-state index in [-0.39, 0.29) is 49.4 Å². The first-order valence-corrected chi connectivity index (χ1v) is 21.7. The minimum absolute atomic E-state index is 0.102. The molecule has 3 aliphatic rings. The number of fused-ring (bicyclic) bond motifs is 2. The van der Waals surface area contributed by atoms with E-state index < -0.39 is 17.7 Å². The summed E-state index contributed by atoms with van der Waals surface area (Å²) >= 11 is 0. The molecule has 0 spiro atoms. The number of phenols is 1. The fraction of sp³-hybridized carbons (Fsp3) is 0.733. The molecule has 3 N–H and O–H groups in total. The molecule has 1 fully saturated rings. The van der Waals surface area contributed by atoms with Gasteiger partial charge >= 0.3 is 6.09 Å². The van der Waals surface area contributed by atoms with Crippen molar-refractivity contribution in [3.05, 3.63) is 48.1 Å². The minimum atomic E-state index is -1.32. The first-order valence-electron chi connectivity index (χ1n) is 21.7. The van der Waals surface area contributed by atoms with E-state index in [4.69, 9.17) is 24.2 Å². The highest BCUT2D eigenvalue weighted by Crippen LogP contribution is 2.61. The summed E-state index contributed by atoms with van der Waals surface area (Å²) in [5.41, 5.74) is 2.64. The van der Waals surface area contributed by atoms with Crippen LogP contribution in [0.3, 0.4) is 0 Å². The molecule has 10 heteroatoms. The lowest BCUT2D eigenvalue weighted by atomic mass is 9.55. The second-order valence-corrected chi connectivity index (χ2v) is 15.7. The van der Waals surface area contributed by atoms with E-state index in [9.17, 15) is 20.1 Å². The Balaban J connectivity index is 1.72. The Morgan fingerprint density at radius 1 is 0.945 bits per heavy atom. The number of oxime groups is 1. The maximum Gasteiger partial charge on any atom is 0.410 e. The molecule has 10 nitrogen and oxygen atoms in total. The number of phenolic OH excluding ortho intramolecular Hbond substituents is 1. The van der Waals surface area contributed by atoms with E-state index in [1.165, 1.54) is 44.9 Å². The minimum Gasteiger partial charge on any atom is -0.508 e. The number of aliphatic hydroxyl groups is 2. The molecular weight excluding hydrogens is 697 g/mol. The zero-order valence-electron chi connectivity index (χ0n) is 34.2. The monoisotopic (exact) mass is 769 g/mol. The fourth-order valence-electron chi connectivity index (χ4n) is 9.25.